The zero-order valence-corrected chi connectivity index (χ0v) is 11.6. The van der Waals surface area contributed by atoms with Gasteiger partial charge in [-0.3, -0.25) is 4.90 Å². The van der Waals surface area contributed by atoms with E-state index in [4.69, 9.17) is 0 Å². The van der Waals surface area contributed by atoms with Gasteiger partial charge in [-0.05, 0) is 41.1 Å². The van der Waals surface area contributed by atoms with Crippen LogP contribution >= 0.6 is 23.7 Å². The number of nitrogens with zero attached hydrogens (tertiary/aromatic N) is 1. The molecule has 1 nitrogen and oxygen atoms in total. The Morgan fingerprint density at radius 3 is 2.72 bits per heavy atom. The minimum absolute atomic E-state index is 0. The van der Waals surface area contributed by atoms with Crippen LogP contribution in [0.25, 0.3) is 0 Å². The van der Waals surface area contributed by atoms with Crippen LogP contribution in [0.2, 0.25) is 0 Å². The monoisotopic (exact) mass is 283 g/mol. The molecule has 3 rings (SSSR count). The highest BCUT2D eigenvalue weighted by Crippen LogP contribution is 2.24. The molecule has 0 radical (unpaired) electrons. The van der Waals surface area contributed by atoms with E-state index >= 15 is 0 Å². The smallest absolute Gasteiger partial charge is 0.123 e. The summed E-state index contributed by atoms with van der Waals surface area (Å²) in [4.78, 5) is 3.95. The molecule has 0 fully saturated rings. The van der Waals surface area contributed by atoms with Gasteiger partial charge in [0.1, 0.15) is 5.82 Å². The SMILES string of the molecule is Cl.Fc1ccc(CN2CCc3sccc3C2)cc1. The first-order chi connectivity index (χ1) is 8.31. The molecule has 0 atom stereocenters. The fourth-order valence-electron chi connectivity index (χ4n) is 2.29. The molecule has 0 N–H and O–H groups in total. The van der Waals surface area contributed by atoms with Crippen LogP contribution in [0.1, 0.15) is 16.0 Å². The van der Waals surface area contributed by atoms with Crippen molar-refractivity contribution in [2.24, 2.45) is 0 Å². The minimum atomic E-state index is -0.160. The van der Waals surface area contributed by atoms with Crippen molar-refractivity contribution in [2.75, 3.05) is 6.54 Å². The Bertz CT molecular complexity index is 509. The van der Waals surface area contributed by atoms with Gasteiger partial charge < -0.3 is 0 Å². The Morgan fingerprint density at radius 1 is 1.17 bits per heavy atom. The average Bonchev–Trinajstić information content (AvgIpc) is 2.79. The van der Waals surface area contributed by atoms with E-state index in [1.807, 2.05) is 23.5 Å². The van der Waals surface area contributed by atoms with Crippen molar-refractivity contribution < 1.29 is 4.39 Å². The molecular weight excluding hydrogens is 269 g/mol. The van der Waals surface area contributed by atoms with Gasteiger partial charge in [0.25, 0.3) is 0 Å². The van der Waals surface area contributed by atoms with Crippen LogP contribution in [0.3, 0.4) is 0 Å². The molecule has 18 heavy (non-hydrogen) atoms. The Balaban J connectivity index is 0.00000120. The van der Waals surface area contributed by atoms with Crippen LogP contribution in [-0.2, 0) is 19.5 Å². The van der Waals surface area contributed by atoms with E-state index in [1.165, 1.54) is 28.1 Å². The van der Waals surface area contributed by atoms with Crippen molar-refractivity contribution >= 4 is 23.7 Å². The lowest BCUT2D eigenvalue weighted by molar-refractivity contribution is 0.247. The summed E-state index contributed by atoms with van der Waals surface area (Å²) >= 11 is 1.86. The molecule has 0 saturated carbocycles. The van der Waals surface area contributed by atoms with Gasteiger partial charge in [-0.15, -0.1) is 23.7 Å². The molecule has 1 aromatic carbocycles. The maximum absolute atomic E-state index is 12.8. The molecule has 1 aliphatic heterocycles. The van der Waals surface area contributed by atoms with E-state index in [1.54, 1.807) is 0 Å². The molecule has 2 heterocycles. The predicted molar refractivity (Wildman–Crippen MR) is 75.8 cm³/mol. The van der Waals surface area contributed by atoms with E-state index < -0.39 is 0 Å². The van der Waals surface area contributed by atoms with E-state index in [2.05, 4.69) is 16.3 Å². The van der Waals surface area contributed by atoms with Crippen LogP contribution in [-0.4, -0.2) is 11.4 Å². The van der Waals surface area contributed by atoms with Crippen LogP contribution in [0.4, 0.5) is 4.39 Å². The summed E-state index contributed by atoms with van der Waals surface area (Å²) in [5, 5.41) is 2.17. The summed E-state index contributed by atoms with van der Waals surface area (Å²) in [7, 11) is 0. The fourth-order valence-corrected chi connectivity index (χ4v) is 3.18. The maximum Gasteiger partial charge on any atom is 0.123 e. The summed E-state index contributed by atoms with van der Waals surface area (Å²) in [6.07, 6.45) is 1.15. The second-order valence-electron chi connectivity index (χ2n) is 4.46. The van der Waals surface area contributed by atoms with Gasteiger partial charge >= 0.3 is 0 Å². The van der Waals surface area contributed by atoms with Crippen molar-refractivity contribution in [2.45, 2.75) is 19.5 Å². The van der Waals surface area contributed by atoms with Gasteiger partial charge in [-0.2, -0.15) is 0 Å². The third-order valence-electron chi connectivity index (χ3n) is 3.21. The quantitative estimate of drug-likeness (QED) is 0.809. The van der Waals surface area contributed by atoms with Gasteiger partial charge in [-0.25, -0.2) is 4.39 Å². The molecule has 96 valence electrons. The van der Waals surface area contributed by atoms with Crippen molar-refractivity contribution in [3.63, 3.8) is 0 Å². The van der Waals surface area contributed by atoms with E-state index in [-0.39, 0.29) is 18.2 Å². The first-order valence-electron chi connectivity index (χ1n) is 5.83. The zero-order chi connectivity index (χ0) is 11.7. The van der Waals surface area contributed by atoms with Gasteiger partial charge in [0.2, 0.25) is 0 Å². The predicted octanol–water partition coefficient (Wildman–Crippen LogP) is 3.87. The largest absolute Gasteiger partial charge is 0.294 e. The lowest BCUT2D eigenvalue weighted by Crippen LogP contribution is -2.29. The summed E-state index contributed by atoms with van der Waals surface area (Å²) in [5.74, 6) is -0.160. The number of rotatable bonds is 2. The van der Waals surface area contributed by atoms with Gasteiger partial charge in [-0.1, -0.05) is 12.1 Å². The highest BCUT2D eigenvalue weighted by Gasteiger charge is 2.16. The first kappa shape index (κ1) is 13.5. The Hall–Kier alpha value is -0.900. The number of hydrogen-bond donors (Lipinski definition) is 0. The molecule has 1 aromatic heterocycles. The third kappa shape index (κ3) is 2.91. The molecule has 0 spiro atoms. The number of benzene rings is 1. The minimum Gasteiger partial charge on any atom is -0.294 e. The van der Waals surface area contributed by atoms with Crippen LogP contribution in [0, 0.1) is 5.82 Å². The Morgan fingerprint density at radius 2 is 1.94 bits per heavy atom. The second kappa shape index (κ2) is 5.83. The summed E-state index contributed by atoms with van der Waals surface area (Å²) < 4.78 is 12.8. The molecule has 0 saturated heterocycles. The highest BCUT2D eigenvalue weighted by molar-refractivity contribution is 7.10. The Kier molecular flexibility index (Phi) is 4.38. The van der Waals surface area contributed by atoms with E-state index in [0.29, 0.717) is 0 Å². The number of fused-ring (bicyclic) bond motifs is 1. The van der Waals surface area contributed by atoms with Crippen molar-refractivity contribution in [1.82, 2.24) is 4.90 Å². The normalized spacial score (nSPS) is 14.9. The van der Waals surface area contributed by atoms with E-state index in [0.717, 1.165) is 26.1 Å². The number of hydrogen-bond acceptors (Lipinski definition) is 2. The van der Waals surface area contributed by atoms with Crippen molar-refractivity contribution in [1.29, 1.82) is 0 Å². The van der Waals surface area contributed by atoms with Gasteiger partial charge in [0.05, 0.1) is 0 Å². The lowest BCUT2D eigenvalue weighted by Gasteiger charge is -2.26. The van der Waals surface area contributed by atoms with Gasteiger partial charge in [0.15, 0.2) is 0 Å². The highest BCUT2D eigenvalue weighted by atomic mass is 35.5. The number of thiophene rings is 1. The lowest BCUT2D eigenvalue weighted by atomic mass is 10.1. The summed E-state index contributed by atoms with van der Waals surface area (Å²) in [6, 6.07) is 9.04. The first-order valence-corrected chi connectivity index (χ1v) is 6.71. The van der Waals surface area contributed by atoms with Crippen molar-refractivity contribution in [3.8, 4) is 0 Å². The number of halogens is 2. The molecule has 0 bridgehead atoms. The molecule has 1 aliphatic rings. The topological polar surface area (TPSA) is 3.24 Å². The molecule has 0 unspecified atom stereocenters. The molecule has 0 amide bonds. The second-order valence-corrected chi connectivity index (χ2v) is 5.46. The molecule has 4 heteroatoms. The standard InChI is InChI=1S/C14H14FNS.ClH/c15-13-3-1-11(2-4-13)9-16-7-5-14-12(10-16)6-8-17-14;/h1-4,6,8H,5,7,9-10H2;1H. The average molecular weight is 284 g/mol. The molecular formula is C14H15ClFNS. The zero-order valence-electron chi connectivity index (χ0n) is 9.93. The third-order valence-corrected chi connectivity index (χ3v) is 4.23. The Labute approximate surface area is 117 Å². The molecule has 2 aromatic rings. The fraction of sp³-hybridized carbons (Fsp3) is 0.286. The van der Waals surface area contributed by atoms with Crippen LogP contribution < -0.4 is 0 Å². The van der Waals surface area contributed by atoms with Crippen LogP contribution in [0.15, 0.2) is 35.7 Å². The maximum atomic E-state index is 12.8. The van der Waals surface area contributed by atoms with Crippen molar-refractivity contribution in [3.05, 3.63) is 57.5 Å². The van der Waals surface area contributed by atoms with E-state index in [9.17, 15) is 4.39 Å². The van der Waals surface area contributed by atoms with Crippen LogP contribution in [0.5, 0.6) is 0 Å². The molecule has 0 aliphatic carbocycles. The summed E-state index contributed by atoms with van der Waals surface area (Å²) in [5.41, 5.74) is 2.65. The summed E-state index contributed by atoms with van der Waals surface area (Å²) in [6.45, 7) is 3.04. The van der Waals surface area contributed by atoms with Gasteiger partial charge in [0, 0.05) is 24.5 Å².